The standard InChI is InChI=1S/C13H23N3O.ClH/c1-3-14-9-12-4-6-16(7-5-12)10-13-8-11(2)17-15-13;/h8,12,14H,3-7,9-10H2,1-2H3;1H. The fourth-order valence-electron chi connectivity index (χ4n) is 2.42. The average molecular weight is 274 g/mol. The van der Waals surface area contributed by atoms with Crippen LogP contribution in [0.15, 0.2) is 10.6 Å². The summed E-state index contributed by atoms with van der Waals surface area (Å²) in [5.41, 5.74) is 1.06. The summed E-state index contributed by atoms with van der Waals surface area (Å²) in [7, 11) is 0. The summed E-state index contributed by atoms with van der Waals surface area (Å²) in [6.07, 6.45) is 2.59. The predicted molar refractivity (Wildman–Crippen MR) is 75.0 cm³/mol. The molecular weight excluding hydrogens is 250 g/mol. The smallest absolute Gasteiger partial charge is 0.133 e. The van der Waals surface area contributed by atoms with Crippen LogP contribution >= 0.6 is 12.4 Å². The van der Waals surface area contributed by atoms with Gasteiger partial charge in [0.25, 0.3) is 0 Å². The number of nitrogens with one attached hydrogen (secondary N) is 1. The number of rotatable bonds is 5. The Hall–Kier alpha value is -0.580. The molecule has 0 bridgehead atoms. The Morgan fingerprint density at radius 3 is 2.72 bits per heavy atom. The molecule has 0 saturated carbocycles. The van der Waals surface area contributed by atoms with Crippen LogP contribution in [0, 0.1) is 12.8 Å². The third-order valence-electron chi connectivity index (χ3n) is 3.45. The van der Waals surface area contributed by atoms with Gasteiger partial charge in [-0.05, 0) is 51.9 Å². The molecule has 1 aromatic rings. The lowest BCUT2D eigenvalue weighted by Gasteiger charge is -2.31. The minimum absolute atomic E-state index is 0. The molecule has 1 fully saturated rings. The molecule has 4 nitrogen and oxygen atoms in total. The molecule has 1 N–H and O–H groups in total. The van der Waals surface area contributed by atoms with Gasteiger partial charge in [-0.15, -0.1) is 12.4 Å². The van der Waals surface area contributed by atoms with Crippen molar-refractivity contribution in [3.05, 3.63) is 17.5 Å². The second-order valence-electron chi connectivity index (χ2n) is 4.96. The largest absolute Gasteiger partial charge is 0.361 e. The van der Waals surface area contributed by atoms with Gasteiger partial charge in [0.1, 0.15) is 5.76 Å². The third kappa shape index (κ3) is 4.59. The summed E-state index contributed by atoms with van der Waals surface area (Å²) in [5.74, 6) is 1.76. The fraction of sp³-hybridized carbons (Fsp3) is 0.769. The minimum atomic E-state index is 0. The first-order valence-corrected chi connectivity index (χ1v) is 6.63. The Morgan fingerprint density at radius 1 is 1.44 bits per heavy atom. The van der Waals surface area contributed by atoms with Crippen LogP contribution in [0.2, 0.25) is 0 Å². The zero-order valence-corrected chi connectivity index (χ0v) is 12.1. The number of piperidine rings is 1. The quantitative estimate of drug-likeness (QED) is 0.893. The van der Waals surface area contributed by atoms with Gasteiger partial charge in [0.2, 0.25) is 0 Å². The summed E-state index contributed by atoms with van der Waals surface area (Å²) in [4.78, 5) is 2.47. The zero-order chi connectivity index (χ0) is 12.1. The Bertz CT molecular complexity index is 335. The molecule has 1 aliphatic rings. The maximum atomic E-state index is 5.09. The van der Waals surface area contributed by atoms with Crippen molar-refractivity contribution in [2.75, 3.05) is 26.2 Å². The Morgan fingerprint density at radius 2 is 2.17 bits per heavy atom. The van der Waals surface area contributed by atoms with Gasteiger partial charge >= 0.3 is 0 Å². The highest BCUT2D eigenvalue weighted by atomic mass is 35.5. The second kappa shape index (κ2) is 7.77. The van der Waals surface area contributed by atoms with Crippen molar-refractivity contribution >= 4 is 12.4 Å². The normalized spacial score (nSPS) is 17.7. The van der Waals surface area contributed by atoms with Crippen molar-refractivity contribution in [1.29, 1.82) is 0 Å². The van der Waals surface area contributed by atoms with Crippen LogP contribution in [0.5, 0.6) is 0 Å². The zero-order valence-electron chi connectivity index (χ0n) is 11.3. The molecule has 1 aliphatic heterocycles. The van der Waals surface area contributed by atoms with Gasteiger partial charge < -0.3 is 9.84 Å². The first-order chi connectivity index (χ1) is 8.28. The van der Waals surface area contributed by atoms with Crippen molar-refractivity contribution in [3.63, 3.8) is 0 Å². The summed E-state index contributed by atoms with van der Waals surface area (Å²) >= 11 is 0. The number of hydrogen-bond donors (Lipinski definition) is 1. The molecule has 1 saturated heterocycles. The number of hydrogen-bond acceptors (Lipinski definition) is 4. The van der Waals surface area contributed by atoms with E-state index >= 15 is 0 Å². The van der Waals surface area contributed by atoms with E-state index in [9.17, 15) is 0 Å². The van der Waals surface area contributed by atoms with Gasteiger partial charge in [-0.25, -0.2) is 0 Å². The van der Waals surface area contributed by atoms with E-state index in [2.05, 4.69) is 22.3 Å². The molecule has 0 radical (unpaired) electrons. The van der Waals surface area contributed by atoms with E-state index in [1.807, 2.05) is 13.0 Å². The van der Waals surface area contributed by atoms with Crippen LogP contribution in [0.25, 0.3) is 0 Å². The van der Waals surface area contributed by atoms with E-state index in [-0.39, 0.29) is 12.4 Å². The number of aryl methyl sites for hydroxylation is 1. The van der Waals surface area contributed by atoms with Crippen LogP contribution in [0.4, 0.5) is 0 Å². The Labute approximate surface area is 116 Å². The van der Waals surface area contributed by atoms with E-state index in [1.54, 1.807) is 0 Å². The molecule has 0 unspecified atom stereocenters. The van der Waals surface area contributed by atoms with E-state index in [0.29, 0.717) is 0 Å². The van der Waals surface area contributed by atoms with Crippen molar-refractivity contribution in [2.45, 2.75) is 33.2 Å². The van der Waals surface area contributed by atoms with E-state index < -0.39 is 0 Å². The lowest BCUT2D eigenvalue weighted by Crippen LogP contribution is -2.36. The molecule has 0 atom stereocenters. The first kappa shape index (κ1) is 15.5. The molecule has 0 aromatic carbocycles. The highest BCUT2D eigenvalue weighted by Crippen LogP contribution is 2.18. The van der Waals surface area contributed by atoms with Crippen molar-refractivity contribution < 1.29 is 4.52 Å². The van der Waals surface area contributed by atoms with Crippen molar-refractivity contribution in [1.82, 2.24) is 15.4 Å². The minimum Gasteiger partial charge on any atom is -0.361 e. The van der Waals surface area contributed by atoms with Gasteiger partial charge in [0.05, 0.1) is 5.69 Å². The number of likely N-dealkylation sites (tertiary alicyclic amines) is 1. The number of halogens is 1. The Kier molecular flexibility index (Phi) is 6.68. The van der Waals surface area contributed by atoms with Gasteiger partial charge in [-0.2, -0.15) is 0 Å². The van der Waals surface area contributed by atoms with Gasteiger partial charge in [0, 0.05) is 12.6 Å². The summed E-state index contributed by atoms with van der Waals surface area (Å²) in [6.45, 7) is 9.67. The summed E-state index contributed by atoms with van der Waals surface area (Å²) < 4.78 is 5.09. The monoisotopic (exact) mass is 273 g/mol. The van der Waals surface area contributed by atoms with Crippen LogP contribution in [0.1, 0.15) is 31.2 Å². The van der Waals surface area contributed by atoms with Gasteiger partial charge in [-0.3, -0.25) is 4.90 Å². The van der Waals surface area contributed by atoms with Gasteiger partial charge in [-0.1, -0.05) is 12.1 Å². The average Bonchev–Trinajstić information content (AvgIpc) is 2.74. The second-order valence-corrected chi connectivity index (χ2v) is 4.96. The first-order valence-electron chi connectivity index (χ1n) is 6.63. The van der Waals surface area contributed by atoms with Crippen LogP contribution in [-0.2, 0) is 6.54 Å². The topological polar surface area (TPSA) is 41.3 Å². The molecular formula is C13H24ClN3O. The van der Waals surface area contributed by atoms with Crippen molar-refractivity contribution in [3.8, 4) is 0 Å². The van der Waals surface area contributed by atoms with Crippen LogP contribution in [-0.4, -0.2) is 36.2 Å². The highest BCUT2D eigenvalue weighted by molar-refractivity contribution is 5.85. The lowest BCUT2D eigenvalue weighted by atomic mass is 9.96. The van der Waals surface area contributed by atoms with E-state index in [4.69, 9.17) is 4.52 Å². The van der Waals surface area contributed by atoms with E-state index in [0.717, 1.165) is 30.5 Å². The summed E-state index contributed by atoms with van der Waals surface area (Å²) in [6, 6.07) is 2.03. The maximum Gasteiger partial charge on any atom is 0.133 e. The molecule has 0 spiro atoms. The van der Waals surface area contributed by atoms with E-state index in [1.165, 1.54) is 32.5 Å². The Balaban J connectivity index is 0.00000162. The SMILES string of the molecule is CCNCC1CCN(Cc2cc(C)on2)CC1.Cl. The molecule has 0 amide bonds. The maximum absolute atomic E-state index is 5.09. The molecule has 2 heterocycles. The van der Waals surface area contributed by atoms with Crippen LogP contribution in [0.3, 0.4) is 0 Å². The molecule has 104 valence electrons. The molecule has 1 aromatic heterocycles. The third-order valence-corrected chi connectivity index (χ3v) is 3.45. The van der Waals surface area contributed by atoms with Crippen LogP contribution < -0.4 is 5.32 Å². The summed E-state index contributed by atoms with van der Waals surface area (Å²) in [5, 5.41) is 7.49. The van der Waals surface area contributed by atoms with Gasteiger partial charge in [0.15, 0.2) is 0 Å². The van der Waals surface area contributed by atoms with Crippen molar-refractivity contribution in [2.24, 2.45) is 5.92 Å². The highest BCUT2D eigenvalue weighted by Gasteiger charge is 2.19. The predicted octanol–water partition coefficient (Wildman–Crippen LogP) is 2.23. The number of nitrogens with zero attached hydrogens (tertiary/aromatic N) is 2. The lowest BCUT2D eigenvalue weighted by molar-refractivity contribution is 0.172. The molecule has 0 aliphatic carbocycles. The molecule has 18 heavy (non-hydrogen) atoms. The molecule has 2 rings (SSSR count). The fourth-order valence-corrected chi connectivity index (χ4v) is 2.42. The molecule has 5 heteroatoms. The number of aromatic nitrogens is 1.